The molecule has 0 fully saturated rings. The fourth-order valence-electron chi connectivity index (χ4n) is 0.822. The summed E-state index contributed by atoms with van der Waals surface area (Å²) < 4.78 is 27.3. The third-order valence-electron chi connectivity index (χ3n) is 1.70. The van der Waals surface area contributed by atoms with Crippen molar-refractivity contribution >= 4 is 11.0 Å². The minimum absolute atomic E-state index is 0.234. The summed E-state index contributed by atoms with van der Waals surface area (Å²) in [7, 11) is -1.23. The van der Waals surface area contributed by atoms with Crippen LogP contribution >= 0.6 is 0 Å². The van der Waals surface area contributed by atoms with Crippen molar-refractivity contribution in [1.82, 2.24) is 4.72 Å². The van der Waals surface area contributed by atoms with Gasteiger partial charge in [0.25, 0.3) is 0 Å². The summed E-state index contributed by atoms with van der Waals surface area (Å²) in [5.41, 5.74) is 0.621. The van der Waals surface area contributed by atoms with Crippen LogP contribution in [0.5, 0.6) is 0 Å². The molecule has 0 bridgehead atoms. The van der Waals surface area contributed by atoms with Crippen molar-refractivity contribution in [3.63, 3.8) is 0 Å². The normalized spacial score (nSPS) is 16.2. The summed E-state index contributed by atoms with van der Waals surface area (Å²) in [4.78, 5) is 0. The van der Waals surface area contributed by atoms with Gasteiger partial charge in [-0.25, -0.2) is 13.3 Å². The standard InChI is InChI=1S/C10H20FNOS/c1-7(2)9(11)8(3)12-14(13)10(4,5)6/h8,12H,1-6H3/t8-,14+/m0/s1. The van der Waals surface area contributed by atoms with E-state index in [0.29, 0.717) is 5.57 Å². The molecule has 0 unspecified atom stereocenters. The highest BCUT2D eigenvalue weighted by molar-refractivity contribution is 7.84. The molecule has 14 heavy (non-hydrogen) atoms. The summed E-state index contributed by atoms with van der Waals surface area (Å²) in [5.74, 6) is -0.234. The molecule has 0 aromatic carbocycles. The van der Waals surface area contributed by atoms with Crippen LogP contribution in [-0.2, 0) is 11.0 Å². The van der Waals surface area contributed by atoms with Crippen LogP contribution in [0.1, 0.15) is 41.5 Å². The minimum atomic E-state index is -1.23. The van der Waals surface area contributed by atoms with Crippen molar-refractivity contribution in [1.29, 1.82) is 0 Å². The third kappa shape index (κ3) is 4.33. The molecule has 0 heterocycles. The Morgan fingerprint density at radius 1 is 1.36 bits per heavy atom. The van der Waals surface area contributed by atoms with Crippen molar-refractivity contribution in [2.24, 2.45) is 0 Å². The summed E-state index contributed by atoms with van der Waals surface area (Å²) in [5, 5.41) is 0. The van der Waals surface area contributed by atoms with E-state index in [-0.39, 0.29) is 10.6 Å². The molecule has 1 N–H and O–H groups in total. The van der Waals surface area contributed by atoms with Gasteiger partial charge < -0.3 is 0 Å². The number of hydrogen-bond donors (Lipinski definition) is 1. The van der Waals surface area contributed by atoms with E-state index in [1.54, 1.807) is 20.8 Å². The smallest absolute Gasteiger partial charge is 0.116 e. The lowest BCUT2D eigenvalue weighted by molar-refractivity contribution is 0.523. The molecule has 0 aliphatic rings. The molecule has 0 spiro atoms. The summed E-state index contributed by atoms with van der Waals surface area (Å²) in [6, 6.07) is -0.486. The quantitative estimate of drug-likeness (QED) is 0.780. The first-order chi connectivity index (χ1) is 6.16. The van der Waals surface area contributed by atoms with E-state index in [4.69, 9.17) is 0 Å². The molecule has 84 valence electrons. The zero-order valence-electron chi connectivity index (χ0n) is 9.77. The van der Waals surface area contributed by atoms with Gasteiger partial charge in [0.05, 0.1) is 21.8 Å². The van der Waals surface area contributed by atoms with Crippen LogP contribution in [0.4, 0.5) is 4.39 Å². The fourth-order valence-corrected chi connectivity index (χ4v) is 1.60. The van der Waals surface area contributed by atoms with E-state index < -0.39 is 17.0 Å². The van der Waals surface area contributed by atoms with E-state index in [9.17, 15) is 8.60 Å². The summed E-state index contributed by atoms with van der Waals surface area (Å²) in [6.07, 6.45) is 0. The Morgan fingerprint density at radius 2 is 1.79 bits per heavy atom. The number of hydrogen-bond acceptors (Lipinski definition) is 1. The first kappa shape index (κ1) is 13.8. The maximum atomic E-state index is 13.4. The molecule has 4 heteroatoms. The monoisotopic (exact) mass is 221 g/mol. The molecular formula is C10H20FNOS. The number of nitrogens with one attached hydrogen (secondary N) is 1. The average Bonchev–Trinajstić information content (AvgIpc) is 2.00. The molecule has 0 aliphatic carbocycles. The van der Waals surface area contributed by atoms with Gasteiger partial charge in [-0.1, -0.05) is 0 Å². The third-order valence-corrected chi connectivity index (χ3v) is 3.38. The molecule has 0 aliphatic heterocycles. The molecule has 2 atom stereocenters. The largest absolute Gasteiger partial charge is 0.242 e. The molecule has 0 aromatic heterocycles. The zero-order chi connectivity index (χ0) is 11.5. The predicted molar refractivity (Wildman–Crippen MR) is 60.0 cm³/mol. The lowest BCUT2D eigenvalue weighted by Gasteiger charge is -2.21. The lowest BCUT2D eigenvalue weighted by atomic mass is 10.2. The van der Waals surface area contributed by atoms with Crippen molar-refractivity contribution < 1.29 is 8.60 Å². The van der Waals surface area contributed by atoms with Gasteiger partial charge in [0.15, 0.2) is 0 Å². The molecule has 2 nitrogen and oxygen atoms in total. The Balaban J connectivity index is 4.43. The van der Waals surface area contributed by atoms with Gasteiger partial charge in [0, 0.05) is 0 Å². The Bertz CT molecular complexity index is 251. The van der Waals surface area contributed by atoms with Gasteiger partial charge in [-0.3, -0.25) is 0 Å². The molecule has 0 rings (SSSR count). The van der Waals surface area contributed by atoms with Crippen LogP contribution in [0.15, 0.2) is 11.4 Å². The van der Waals surface area contributed by atoms with Gasteiger partial charge in [-0.15, -0.1) is 0 Å². The molecular weight excluding hydrogens is 201 g/mol. The maximum absolute atomic E-state index is 13.4. The first-order valence-electron chi connectivity index (χ1n) is 4.67. The SMILES string of the molecule is CC(C)=C(F)[C@H](C)N[S@](=O)C(C)(C)C. The topological polar surface area (TPSA) is 29.1 Å². The first-order valence-corrected chi connectivity index (χ1v) is 5.82. The Hall–Kier alpha value is -0.220. The molecule has 0 saturated carbocycles. The van der Waals surface area contributed by atoms with Crippen molar-refractivity contribution in [2.45, 2.75) is 52.3 Å². The summed E-state index contributed by atoms with van der Waals surface area (Å²) >= 11 is 0. The van der Waals surface area contributed by atoms with Gasteiger partial charge in [0.2, 0.25) is 0 Å². The molecule has 0 radical (unpaired) electrons. The van der Waals surface area contributed by atoms with Crippen LogP contribution in [-0.4, -0.2) is 15.0 Å². The molecule has 0 amide bonds. The van der Waals surface area contributed by atoms with Crippen LogP contribution in [0.3, 0.4) is 0 Å². The number of halogens is 1. The highest BCUT2D eigenvalue weighted by Crippen LogP contribution is 2.14. The summed E-state index contributed by atoms with van der Waals surface area (Å²) in [6.45, 7) is 10.6. The second-order valence-electron chi connectivity index (χ2n) is 4.57. The van der Waals surface area contributed by atoms with E-state index in [1.165, 1.54) is 0 Å². The average molecular weight is 221 g/mol. The number of allylic oxidation sites excluding steroid dienone is 1. The fraction of sp³-hybridized carbons (Fsp3) is 0.800. The molecule has 0 aromatic rings. The van der Waals surface area contributed by atoms with E-state index in [0.717, 1.165) is 0 Å². The van der Waals surface area contributed by atoms with Crippen LogP contribution in [0.2, 0.25) is 0 Å². The van der Waals surface area contributed by atoms with Crippen LogP contribution in [0, 0.1) is 0 Å². The van der Waals surface area contributed by atoms with E-state index in [2.05, 4.69) is 4.72 Å². The van der Waals surface area contributed by atoms with E-state index >= 15 is 0 Å². The van der Waals surface area contributed by atoms with Crippen molar-refractivity contribution in [2.75, 3.05) is 0 Å². The lowest BCUT2D eigenvalue weighted by Crippen LogP contribution is -2.38. The maximum Gasteiger partial charge on any atom is 0.116 e. The Morgan fingerprint density at radius 3 is 2.07 bits per heavy atom. The van der Waals surface area contributed by atoms with Gasteiger partial charge in [-0.2, -0.15) is 0 Å². The second kappa shape index (κ2) is 5.03. The Labute approximate surface area is 88.6 Å². The minimum Gasteiger partial charge on any atom is -0.242 e. The Kier molecular flexibility index (Phi) is 4.95. The highest BCUT2D eigenvalue weighted by atomic mass is 32.2. The van der Waals surface area contributed by atoms with Crippen LogP contribution in [0.25, 0.3) is 0 Å². The van der Waals surface area contributed by atoms with Crippen LogP contribution < -0.4 is 4.72 Å². The van der Waals surface area contributed by atoms with Gasteiger partial charge >= 0.3 is 0 Å². The van der Waals surface area contributed by atoms with Crippen molar-refractivity contribution in [3.8, 4) is 0 Å². The molecule has 0 saturated heterocycles. The van der Waals surface area contributed by atoms with Crippen molar-refractivity contribution in [3.05, 3.63) is 11.4 Å². The second-order valence-corrected chi connectivity index (χ2v) is 6.57. The number of rotatable bonds is 3. The predicted octanol–water partition coefficient (Wildman–Crippen LogP) is 2.69. The zero-order valence-corrected chi connectivity index (χ0v) is 10.6. The van der Waals surface area contributed by atoms with E-state index in [1.807, 2.05) is 20.8 Å². The van der Waals surface area contributed by atoms with Gasteiger partial charge in [-0.05, 0) is 47.1 Å². The highest BCUT2D eigenvalue weighted by Gasteiger charge is 2.22. The van der Waals surface area contributed by atoms with Gasteiger partial charge in [0.1, 0.15) is 5.83 Å².